The third-order valence-electron chi connectivity index (χ3n) is 6.95. The number of carbonyl (C=O) groups is 6. The molecule has 0 spiro atoms. The van der Waals surface area contributed by atoms with Gasteiger partial charge in [-0.1, -0.05) is 45.2 Å². The minimum absolute atomic E-state index is 0.0202. The summed E-state index contributed by atoms with van der Waals surface area (Å²) in [6.07, 6.45) is 3.31. The van der Waals surface area contributed by atoms with Gasteiger partial charge in [-0.2, -0.15) is 0 Å². The Balaban J connectivity index is 1.99. The fourth-order valence-corrected chi connectivity index (χ4v) is 4.50. The van der Waals surface area contributed by atoms with E-state index in [2.05, 4.69) is 25.4 Å². The van der Waals surface area contributed by atoms with Crippen molar-refractivity contribution in [2.45, 2.75) is 64.5 Å². The van der Waals surface area contributed by atoms with Crippen molar-refractivity contribution in [1.29, 1.82) is 0 Å². The summed E-state index contributed by atoms with van der Waals surface area (Å²) in [5.41, 5.74) is 0.751. The van der Waals surface area contributed by atoms with Gasteiger partial charge >= 0.3 is 11.9 Å². The molecule has 3 atom stereocenters. The Morgan fingerprint density at radius 3 is 2.25 bits per heavy atom. The monoisotopic (exact) mass is 616 g/mol. The first-order valence-electron chi connectivity index (χ1n) is 14.2. The van der Waals surface area contributed by atoms with Crippen molar-refractivity contribution in [3.05, 3.63) is 47.7 Å². The molecule has 2 rings (SSSR count). The maximum absolute atomic E-state index is 12.9. The molecule has 0 aliphatic rings. The van der Waals surface area contributed by atoms with Crippen molar-refractivity contribution < 1.29 is 47.9 Å². The molecule has 0 bridgehead atoms. The number of unbranched alkanes of at least 4 members (excludes halogenated alkanes) is 2. The molecule has 0 saturated carbocycles. The highest BCUT2D eigenvalue weighted by Crippen LogP contribution is 2.23. The van der Waals surface area contributed by atoms with E-state index in [1.165, 1.54) is 18.2 Å². The fraction of sp³-hybridized carbons (Fsp3) is 0.467. The first kappa shape index (κ1) is 35.5. The smallest absolute Gasteiger partial charge is 0.328 e. The van der Waals surface area contributed by atoms with Gasteiger partial charge in [0.2, 0.25) is 12.3 Å². The predicted octanol–water partition coefficient (Wildman–Crippen LogP) is 2.41. The van der Waals surface area contributed by atoms with E-state index in [1.54, 1.807) is 25.1 Å². The zero-order valence-electron chi connectivity index (χ0n) is 25.3. The molecule has 1 aromatic carbocycles. The second kappa shape index (κ2) is 18.1. The van der Waals surface area contributed by atoms with Crippen LogP contribution in [0.25, 0.3) is 11.3 Å². The van der Waals surface area contributed by atoms with Gasteiger partial charge in [0, 0.05) is 11.1 Å². The molecular formula is C30H40N4O10. The number of esters is 2. The molecule has 0 aliphatic carbocycles. The minimum atomic E-state index is -1.23. The van der Waals surface area contributed by atoms with E-state index in [-0.39, 0.29) is 24.4 Å². The Labute approximate surface area is 255 Å². The third-order valence-corrected chi connectivity index (χ3v) is 6.95. The van der Waals surface area contributed by atoms with Gasteiger partial charge < -0.3 is 29.8 Å². The van der Waals surface area contributed by atoms with Crippen molar-refractivity contribution in [2.24, 2.45) is 5.92 Å². The fourth-order valence-electron chi connectivity index (χ4n) is 4.50. The average molecular weight is 617 g/mol. The van der Waals surface area contributed by atoms with Crippen LogP contribution in [-0.4, -0.2) is 79.3 Å². The van der Waals surface area contributed by atoms with Crippen molar-refractivity contribution >= 4 is 36.1 Å². The number of carbonyl (C=O) groups excluding carboxylic acids is 6. The summed E-state index contributed by atoms with van der Waals surface area (Å²) in [5, 5.41) is 18.1. The highest BCUT2D eigenvalue weighted by Gasteiger charge is 2.31. The molecule has 0 fully saturated rings. The third kappa shape index (κ3) is 10.2. The van der Waals surface area contributed by atoms with Gasteiger partial charge in [-0.3, -0.25) is 29.2 Å². The van der Waals surface area contributed by atoms with E-state index in [0.29, 0.717) is 29.2 Å². The lowest BCUT2D eigenvalue weighted by atomic mass is 9.90. The molecule has 0 saturated heterocycles. The maximum Gasteiger partial charge on any atom is 0.328 e. The van der Waals surface area contributed by atoms with Crippen LogP contribution in [0.4, 0.5) is 0 Å². The average Bonchev–Trinajstić information content (AvgIpc) is 3.54. The summed E-state index contributed by atoms with van der Waals surface area (Å²) >= 11 is 0. The topological polar surface area (TPSA) is 194 Å². The van der Waals surface area contributed by atoms with Crippen LogP contribution in [0.3, 0.4) is 0 Å². The summed E-state index contributed by atoms with van der Waals surface area (Å²) in [7, 11) is 2.30. The number of furan rings is 1. The molecule has 1 heterocycles. The van der Waals surface area contributed by atoms with Gasteiger partial charge in [-0.15, -0.1) is 0 Å². The lowest BCUT2D eigenvalue weighted by Gasteiger charge is -2.29. The van der Waals surface area contributed by atoms with Crippen LogP contribution in [0.2, 0.25) is 0 Å². The number of nitrogens with zero attached hydrogens (tertiary/aromatic N) is 1. The first-order valence-corrected chi connectivity index (χ1v) is 14.2. The molecule has 0 aliphatic heterocycles. The molecule has 4 amide bonds. The zero-order valence-corrected chi connectivity index (χ0v) is 25.3. The van der Waals surface area contributed by atoms with Crippen LogP contribution >= 0.6 is 0 Å². The largest absolute Gasteiger partial charge is 0.469 e. The van der Waals surface area contributed by atoms with Crippen LogP contribution < -0.4 is 16.0 Å². The number of ether oxygens (including phenoxy) is 2. The number of hydrogen-bond donors (Lipinski definition) is 4. The molecule has 0 unspecified atom stereocenters. The van der Waals surface area contributed by atoms with Crippen molar-refractivity contribution in [2.75, 3.05) is 20.9 Å². The molecule has 14 heteroatoms. The van der Waals surface area contributed by atoms with Gasteiger partial charge in [0.15, 0.2) is 5.76 Å². The maximum atomic E-state index is 12.9. The summed E-state index contributed by atoms with van der Waals surface area (Å²) in [6, 6.07) is 7.22. The van der Waals surface area contributed by atoms with Crippen LogP contribution in [-0.2, 0) is 28.7 Å². The zero-order chi connectivity index (χ0) is 32.6. The van der Waals surface area contributed by atoms with Gasteiger partial charge in [-0.25, -0.2) is 9.86 Å². The minimum Gasteiger partial charge on any atom is -0.469 e. The summed E-state index contributed by atoms with van der Waals surface area (Å²) in [4.78, 5) is 72.8. The Hall–Kier alpha value is -4.72. The highest BCUT2D eigenvalue weighted by atomic mass is 16.5. The highest BCUT2D eigenvalue weighted by molar-refractivity contribution is 5.98. The molecule has 0 radical (unpaired) electrons. The standard InChI is InChI=1S/C30H40N4O10/c1-5-7-8-9-21(23(6-2)34(41)18-35)28(38)31-17-32-29(39)25-15-14-24(44-25)19-10-12-20(13-11-19)27(37)33-22(30(40)43-4)16-26(36)42-3/h10-15,18,21-23,41H,5-9,16-17H2,1-4H3,(H,31,38)(H,32,39)(H,33,37)/t21-,22-,23-/m1/s1. The molecule has 14 nitrogen and oxygen atoms in total. The van der Waals surface area contributed by atoms with Crippen LogP contribution in [0.15, 0.2) is 40.8 Å². The molecule has 2 aromatic rings. The number of nitrogens with one attached hydrogen (secondary N) is 3. The van der Waals surface area contributed by atoms with E-state index < -0.39 is 54.1 Å². The number of hydrogen-bond acceptors (Lipinski definition) is 10. The van der Waals surface area contributed by atoms with Crippen molar-refractivity contribution in [3.8, 4) is 11.3 Å². The Bertz CT molecular complexity index is 1280. The molecule has 1 aromatic heterocycles. The van der Waals surface area contributed by atoms with Gasteiger partial charge in [-0.05, 0) is 37.1 Å². The molecular weight excluding hydrogens is 576 g/mol. The van der Waals surface area contributed by atoms with Gasteiger partial charge in [0.25, 0.3) is 11.8 Å². The van der Waals surface area contributed by atoms with Crippen molar-refractivity contribution in [3.63, 3.8) is 0 Å². The second-order valence-corrected chi connectivity index (χ2v) is 9.86. The SMILES string of the molecule is CCCCC[C@@H](C(=O)NCNC(=O)c1ccc(-c2ccc(C(=O)N[C@H](CC(=O)OC)C(=O)OC)cc2)o1)[C@@H](CC)N(O)C=O. The second-order valence-electron chi connectivity index (χ2n) is 9.86. The van der Waals surface area contributed by atoms with E-state index >= 15 is 0 Å². The number of hydroxylamine groups is 2. The first-order chi connectivity index (χ1) is 21.1. The Morgan fingerprint density at radius 1 is 0.955 bits per heavy atom. The van der Waals surface area contributed by atoms with E-state index in [4.69, 9.17) is 4.42 Å². The molecule has 240 valence electrons. The number of methoxy groups -OCH3 is 2. The van der Waals surface area contributed by atoms with Crippen LogP contribution in [0.5, 0.6) is 0 Å². The summed E-state index contributed by atoms with van der Waals surface area (Å²) < 4.78 is 14.8. The predicted molar refractivity (Wildman–Crippen MR) is 156 cm³/mol. The van der Waals surface area contributed by atoms with E-state index in [9.17, 15) is 34.0 Å². The quantitative estimate of drug-likeness (QED) is 0.0483. The van der Waals surface area contributed by atoms with Crippen LogP contribution in [0, 0.1) is 5.92 Å². The van der Waals surface area contributed by atoms with E-state index in [1.807, 2.05) is 6.92 Å². The van der Waals surface area contributed by atoms with Crippen molar-refractivity contribution in [1.82, 2.24) is 21.0 Å². The lowest BCUT2D eigenvalue weighted by molar-refractivity contribution is -0.168. The molecule has 4 N–H and O–H groups in total. The Kier molecular flexibility index (Phi) is 14.6. The lowest BCUT2D eigenvalue weighted by Crippen LogP contribution is -2.47. The number of rotatable bonds is 18. The van der Waals surface area contributed by atoms with E-state index in [0.717, 1.165) is 33.5 Å². The van der Waals surface area contributed by atoms with Gasteiger partial charge in [0.1, 0.15) is 11.8 Å². The molecule has 44 heavy (non-hydrogen) atoms. The number of benzene rings is 1. The van der Waals surface area contributed by atoms with Crippen LogP contribution in [0.1, 0.15) is 73.3 Å². The summed E-state index contributed by atoms with van der Waals surface area (Å²) in [6.45, 7) is 3.59. The van der Waals surface area contributed by atoms with Gasteiger partial charge in [0.05, 0.1) is 39.3 Å². The normalized spacial score (nSPS) is 12.7. The summed E-state index contributed by atoms with van der Waals surface area (Å²) in [5.74, 6) is -3.43. The Morgan fingerprint density at radius 2 is 1.66 bits per heavy atom. The number of amides is 4.